The molecule has 3 aromatic rings. The molecule has 0 aliphatic heterocycles. The van der Waals surface area contributed by atoms with E-state index in [1.807, 2.05) is 39.8 Å². The lowest BCUT2D eigenvalue weighted by molar-refractivity contribution is -0.144. The summed E-state index contributed by atoms with van der Waals surface area (Å²) in [7, 11) is 1.28. The van der Waals surface area contributed by atoms with E-state index in [1.54, 1.807) is 42.6 Å². The summed E-state index contributed by atoms with van der Waals surface area (Å²) in [5.41, 5.74) is 2.15. The van der Waals surface area contributed by atoms with Crippen LogP contribution in [0.3, 0.4) is 0 Å². The third-order valence-corrected chi connectivity index (χ3v) is 6.73. The average Bonchev–Trinajstić information content (AvgIpc) is 3.37. The first-order valence-electron chi connectivity index (χ1n) is 11.3. The minimum atomic E-state index is -0.758. The van der Waals surface area contributed by atoms with E-state index >= 15 is 0 Å². The highest BCUT2D eigenvalue weighted by molar-refractivity contribution is 7.17. The van der Waals surface area contributed by atoms with Gasteiger partial charge in [-0.3, -0.25) is 9.59 Å². The Morgan fingerprint density at radius 1 is 1.03 bits per heavy atom. The number of benzene rings is 2. The van der Waals surface area contributed by atoms with Crippen molar-refractivity contribution in [3.8, 4) is 16.5 Å². The molecular formula is C27H28N4O4S. The van der Waals surface area contributed by atoms with Crippen LogP contribution in [0.4, 0.5) is 5.69 Å². The first-order valence-corrected chi connectivity index (χ1v) is 12.2. The number of methoxy groups -OCH3 is 1. The number of amides is 2. The van der Waals surface area contributed by atoms with Gasteiger partial charge in [0.15, 0.2) is 5.01 Å². The van der Waals surface area contributed by atoms with Gasteiger partial charge in [-0.15, -0.1) is 11.3 Å². The molecule has 0 spiro atoms. The van der Waals surface area contributed by atoms with Gasteiger partial charge in [-0.05, 0) is 55.2 Å². The second-order valence-electron chi connectivity index (χ2n) is 9.09. The highest BCUT2D eigenvalue weighted by atomic mass is 32.1. The van der Waals surface area contributed by atoms with Crippen LogP contribution in [0, 0.1) is 17.2 Å². The van der Waals surface area contributed by atoms with Crippen LogP contribution < -0.4 is 10.6 Å². The Morgan fingerprint density at radius 3 is 2.22 bits per heavy atom. The Morgan fingerprint density at radius 2 is 1.67 bits per heavy atom. The van der Waals surface area contributed by atoms with Gasteiger partial charge in [-0.1, -0.05) is 38.1 Å². The van der Waals surface area contributed by atoms with Gasteiger partial charge in [0, 0.05) is 17.4 Å². The summed E-state index contributed by atoms with van der Waals surface area (Å²) in [5, 5.41) is 15.0. The Labute approximate surface area is 214 Å². The minimum Gasteiger partial charge on any atom is -0.467 e. The third-order valence-electron chi connectivity index (χ3n) is 5.68. The maximum atomic E-state index is 12.6. The fraction of sp³-hybridized carbons (Fsp3) is 0.296. The van der Waals surface area contributed by atoms with Crippen molar-refractivity contribution in [2.45, 2.75) is 39.2 Å². The van der Waals surface area contributed by atoms with Crippen molar-refractivity contribution in [2.24, 2.45) is 5.92 Å². The van der Waals surface area contributed by atoms with E-state index in [0.29, 0.717) is 11.3 Å². The number of anilines is 1. The SMILES string of the molecule is COC(=O)C(NC(=O)c1ncc(-c2ccc(NC(=O)c3ccc(C(C)(C)C#N)cc3)cc2)s1)C(C)C. The summed E-state index contributed by atoms with van der Waals surface area (Å²) in [6, 6.07) is 15.7. The molecule has 0 aliphatic carbocycles. The van der Waals surface area contributed by atoms with Gasteiger partial charge in [0.25, 0.3) is 11.8 Å². The monoisotopic (exact) mass is 504 g/mol. The van der Waals surface area contributed by atoms with E-state index in [-0.39, 0.29) is 16.8 Å². The predicted molar refractivity (Wildman–Crippen MR) is 139 cm³/mol. The lowest BCUT2D eigenvalue weighted by Crippen LogP contribution is -2.44. The maximum Gasteiger partial charge on any atom is 0.328 e. The molecule has 1 heterocycles. The zero-order valence-electron chi connectivity index (χ0n) is 20.8. The number of nitrogens with one attached hydrogen (secondary N) is 2. The average molecular weight is 505 g/mol. The predicted octanol–water partition coefficient (Wildman–Crippen LogP) is 4.79. The molecule has 0 saturated carbocycles. The molecule has 3 rings (SSSR count). The number of carbonyl (C=O) groups is 3. The van der Waals surface area contributed by atoms with Crippen molar-refractivity contribution in [3.05, 3.63) is 70.9 Å². The number of rotatable bonds is 8. The fourth-order valence-electron chi connectivity index (χ4n) is 3.36. The second kappa shape index (κ2) is 11.1. The number of hydrogen-bond donors (Lipinski definition) is 2. The van der Waals surface area contributed by atoms with Crippen molar-refractivity contribution in [1.82, 2.24) is 10.3 Å². The summed E-state index contributed by atoms with van der Waals surface area (Å²) in [4.78, 5) is 42.1. The van der Waals surface area contributed by atoms with Gasteiger partial charge < -0.3 is 15.4 Å². The zero-order valence-corrected chi connectivity index (χ0v) is 21.6. The number of esters is 1. The molecule has 1 unspecified atom stereocenters. The Balaban J connectivity index is 1.66. The molecular weight excluding hydrogens is 476 g/mol. The van der Waals surface area contributed by atoms with Crippen molar-refractivity contribution >= 4 is 34.8 Å². The number of carbonyl (C=O) groups excluding carboxylic acids is 3. The number of nitrogens with zero attached hydrogens (tertiary/aromatic N) is 2. The van der Waals surface area contributed by atoms with Crippen molar-refractivity contribution in [3.63, 3.8) is 0 Å². The van der Waals surface area contributed by atoms with Gasteiger partial charge in [-0.25, -0.2) is 9.78 Å². The van der Waals surface area contributed by atoms with E-state index in [0.717, 1.165) is 16.0 Å². The summed E-state index contributed by atoms with van der Waals surface area (Å²) in [5.74, 6) is -1.34. The van der Waals surface area contributed by atoms with E-state index < -0.39 is 23.3 Å². The van der Waals surface area contributed by atoms with Crippen LogP contribution in [0.15, 0.2) is 54.7 Å². The second-order valence-corrected chi connectivity index (χ2v) is 10.1. The van der Waals surface area contributed by atoms with E-state index in [2.05, 4.69) is 21.7 Å². The molecule has 2 aromatic carbocycles. The molecule has 36 heavy (non-hydrogen) atoms. The highest BCUT2D eigenvalue weighted by Crippen LogP contribution is 2.28. The molecule has 0 radical (unpaired) electrons. The Hall–Kier alpha value is -4.03. The van der Waals surface area contributed by atoms with E-state index in [1.165, 1.54) is 18.4 Å². The smallest absolute Gasteiger partial charge is 0.328 e. The lowest BCUT2D eigenvalue weighted by Gasteiger charge is -2.18. The summed E-state index contributed by atoms with van der Waals surface area (Å²) in [6.07, 6.45) is 1.60. The first kappa shape index (κ1) is 26.6. The van der Waals surface area contributed by atoms with Gasteiger partial charge in [0.1, 0.15) is 6.04 Å². The molecule has 2 N–H and O–H groups in total. The number of nitriles is 1. The standard InChI is InChI=1S/C27H28N4O4S/c1-16(2)22(26(34)35-5)31-24(33)25-29-14-21(36-25)17-8-12-20(13-9-17)30-23(32)18-6-10-19(11-7-18)27(3,4)15-28/h6-14,16,22H,1-5H3,(H,30,32)(H,31,33). The summed E-state index contributed by atoms with van der Waals surface area (Å²) in [6.45, 7) is 7.29. The molecule has 186 valence electrons. The molecule has 0 fully saturated rings. The zero-order chi connectivity index (χ0) is 26.5. The molecule has 0 aliphatic rings. The van der Waals surface area contributed by atoms with Crippen molar-refractivity contribution in [2.75, 3.05) is 12.4 Å². The van der Waals surface area contributed by atoms with E-state index in [4.69, 9.17) is 4.74 Å². The number of ether oxygens (including phenoxy) is 1. The van der Waals surface area contributed by atoms with Crippen LogP contribution >= 0.6 is 11.3 Å². The molecule has 0 saturated heterocycles. The Bertz CT molecular complexity index is 1290. The molecule has 9 heteroatoms. The van der Waals surface area contributed by atoms with Crippen LogP contribution in [0.5, 0.6) is 0 Å². The molecule has 2 amide bonds. The maximum absolute atomic E-state index is 12.6. The van der Waals surface area contributed by atoms with Gasteiger partial charge in [0.2, 0.25) is 0 Å². The molecule has 1 atom stereocenters. The number of thiazole rings is 1. The number of hydrogen-bond acceptors (Lipinski definition) is 7. The molecule has 0 bridgehead atoms. The van der Waals surface area contributed by atoms with Crippen LogP contribution in [-0.2, 0) is 14.9 Å². The number of aromatic nitrogens is 1. The van der Waals surface area contributed by atoms with Crippen LogP contribution in [0.25, 0.3) is 10.4 Å². The first-order chi connectivity index (χ1) is 17.1. The van der Waals surface area contributed by atoms with Crippen molar-refractivity contribution < 1.29 is 19.1 Å². The van der Waals surface area contributed by atoms with Crippen molar-refractivity contribution in [1.29, 1.82) is 5.26 Å². The highest BCUT2D eigenvalue weighted by Gasteiger charge is 2.26. The minimum absolute atomic E-state index is 0.133. The summed E-state index contributed by atoms with van der Waals surface area (Å²) >= 11 is 1.20. The largest absolute Gasteiger partial charge is 0.467 e. The van der Waals surface area contributed by atoms with Crippen LogP contribution in [0.2, 0.25) is 0 Å². The normalized spacial score (nSPS) is 11.9. The van der Waals surface area contributed by atoms with Gasteiger partial charge >= 0.3 is 5.97 Å². The van der Waals surface area contributed by atoms with Crippen LogP contribution in [-0.4, -0.2) is 35.9 Å². The lowest BCUT2D eigenvalue weighted by atomic mass is 9.86. The fourth-order valence-corrected chi connectivity index (χ4v) is 4.19. The van der Waals surface area contributed by atoms with E-state index in [9.17, 15) is 19.6 Å². The van der Waals surface area contributed by atoms with Gasteiger partial charge in [-0.2, -0.15) is 5.26 Å². The Kier molecular flexibility index (Phi) is 8.22. The molecule has 1 aromatic heterocycles. The summed E-state index contributed by atoms with van der Waals surface area (Å²) < 4.78 is 4.76. The van der Waals surface area contributed by atoms with Crippen LogP contribution in [0.1, 0.15) is 53.4 Å². The molecule has 8 nitrogen and oxygen atoms in total. The van der Waals surface area contributed by atoms with Gasteiger partial charge in [0.05, 0.1) is 23.5 Å². The topological polar surface area (TPSA) is 121 Å². The third kappa shape index (κ3) is 6.15. The quantitative estimate of drug-likeness (QED) is 0.426.